The van der Waals surface area contributed by atoms with E-state index in [-0.39, 0.29) is 0 Å². The van der Waals surface area contributed by atoms with E-state index >= 15 is 0 Å². The summed E-state index contributed by atoms with van der Waals surface area (Å²) in [6.45, 7) is 7.37. The molecule has 0 atom stereocenters. The van der Waals surface area contributed by atoms with E-state index in [9.17, 15) is 0 Å². The van der Waals surface area contributed by atoms with Gasteiger partial charge in [-0.05, 0) is 48.9 Å². The molecule has 138 valence electrons. The number of guanidine groups is 1. The van der Waals surface area contributed by atoms with Crippen molar-refractivity contribution >= 4 is 21.9 Å². The first kappa shape index (κ1) is 21.0. The van der Waals surface area contributed by atoms with E-state index in [2.05, 4.69) is 75.9 Å². The lowest BCUT2D eigenvalue weighted by Crippen LogP contribution is -2.39. The van der Waals surface area contributed by atoms with Crippen LogP contribution in [0.3, 0.4) is 0 Å². The third kappa shape index (κ3) is 7.68. The average molecular weight is 402 g/mol. The van der Waals surface area contributed by atoms with Crippen molar-refractivity contribution in [1.29, 1.82) is 0 Å². The number of halogens is 1. The number of aliphatic imine (C=N–C) groups is 1. The first-order valence-electron chi connectivity index (χ1n) is 8.45. The number of nitrogens with one attached hydrogen (secondary N) is 1. The molecular weight excluding hydrogens is 370 g/mol. The molecule has 0 aliphatic heterocycles. The average Bonchev–Trinajstić information content (AvgIpc) is 2.85. The maximum Gasteiger partial charge on any atom is 0.194 e. The van der Waals surface area contributed by atoms with Crippen LogP contribution in [0.25, 0.3) is 0 Å². The van der Waals surface area contributed by atoms with Gasteiger partial charge in [-0.2, -0.15) is 0 Å². The predicted molar refractivity (Wildman–Crippen MR) is 105 cm³/mol. The Morgan fingerprint density at radius 3 is 2.71 bits per heavy atom. The number of aromatic nitrogens is 1. The molecule has 0 saturated carbocycles. The zero-order chi connectivity index (χ0) is 17.9. The molecule has 1 rings (SSSR count). The first-order valence-corrected chi connectivity index (χ1v) is 9.24. The third-order valence-electron chi connectivity index (χ3n) is 3.81. The Bertz CT molecular complexity index is 503. The lowest BCUT2D eigenvalue weighted by molar-refractivity contribution is 0.161. The van der Waals surface area contributed by atoms with Crippen molar-refractivity contribution in [2.75, 3.05) is 54.0 Å². The highest BCUT2D eigenvalue weighted by Crippen LogP contribution is 2.14. The van der Waals surface area contributed by atoms with Crippen LogP contribution in [0.4, 0.5) is 0 Å². The molecular formula is C17H32BrN5O. The summed E-state index contributed by atoms with van der Waals surface area (Å²) < 4.78 is 8.34. The molecule has 0 spiro atoms. The summed E-state index contributed by atoms with van der Waals surface area (Å²) in [5.74, 6) is 0.953. The number of likely N-dealkylation sites (N-methyl/N-ethyl adjacent to an activating group) is 1. The fourth-order valence-corrected chi connectivity index (χ4v) is 2.97. The van der Waals surface area contributed by atoms with Gasteiger partial charge in [-0.3, -0.25) is 4.99 Å². The molecule has 1 N–H and O–H groups in total. The van der Waals surface area contributed by atoms with E-state index in [0.717, 1.165) is 56.2 Å². The summed E-state index contributed by atoms with van der Waals surface area (Å²) in [6.07, 6.45) is 3.11. The Labute approximate surface area is 155 Å². The summed E-state index contributed by atoms with van der Waals surface area (Å²) in [6, 6.07) is 2.14. The van der Waals surface area contributed by atoms with Crippen LogP contribution in [-0.2, 0) is 18.3 Å². The summed E-state index contributed by atoms with van der Waals surface area (Å²) in [5, 5.41) is 3.37. The Kier molecular flexibility index (Phi) is 10.1. The summed E-state index contributed by atoms with van der Waals surface area (Å²) in [4.78, 5) is 9.19. The van der Waals surface area contributed by atoms with Crippen LogP contribution in [-0.4, -0.2) is 74.3 Å². The molecule has 0 aromatic carbocycles. The van der Waals surface area contributed by atoms with Gasteiger partial charge in [0.2, 0.25) is 0 Å². The standard InChI is InChI=1S/C17H32BrN5O/c1-6-19-17(20-8-7-9-21(2)10-11-24-5)23(4)14-16-12-15(18)13-22(16)3/h12-13H,6-11,14H2,1-5H3,(H,19,20). The highest BCUT2D eigenvalue weighted by atomic mass is 79.9. The molecule has 0 bridgehead atoms. The number of hydrogen-bond acceptors (Lipinski definition) is 3. The van der Waals surface area contributed by atoms with Crippen LogP contribution in [0.15, 0.2) is 21.7 Å². The molecule has 0 radical (unpaired) electrons. The van der Waals surface area contributed by atoms with Crippen molar-refractivity contribution in [3.63, 3.8) is 0 Å². The van der Waals surface area contributed by atoms with Crippen molar-refractivity contribution in [3.05, 3.63) is 22.4 Å². The molecule has 0 aliphatic rings. The van der Waals surface area contributed by atoms with E-state index in [1.54, 1.807) is 7.11 Å². The van der Waals surface area contributed by atoms with Gasteiger partial charge >= 0.3 is 0 Å². The van der Waals surface area contributed by atoms with Gasteiger partial charge < -0.3 is 24.4 Å². The fraction of sp³-hybridized carbons (Fsp3) is 0.706. The number of ether oxygens (including phenoxy) is 1. The van der Waals surface area contributed by atoms with Gasteiger partial charge in [0.05, 0.1) is 13.2 Å². The van der Waals surface area contributed by atoms with Gasteiger partial charge in [-0.25, -0.2) is 0 Å². The van der Waals surface area contributed by atoms with E-state index in [4.69, 9.17) is 9.73 Å². The smallest absolute Gasteiger partial charge is 0.194 e. The molecule has 1 aromatic heterocycles. The summed E-state index contributed by atoms with van der Waals surface area (Å²) in [7, 11) is 8.00. The second-order valence-corrected chi connectivity index (χ2v) is 6.92. The lowest BCUT2D eigenvalue weighted by atomic mass is 10.4. The van der Waals surface area contributed by atoms with Crippen molar-refractivity contribution in [2.24, 2.45) is 12.0 Å². The van der Waals surface area contributed by atoms with Gasteiger partial charge in [0, 0.05) is 57.2 Å². The zero-order valence-corrected chi connectivity index (χ0v) is 17.3. The molecule has 0 amide bonds. The minimum Gasteiger partial charge on any atom is -0.383 e. The first-order chi connectivity index (χ1) is 11.5. The Morgan fingerprint density at radius 1 is 1.38 bits per heavy atom. The second-order valence-electron chi connectivity index (χ2n) is 6.00. The molecule has 7 heteroatoms. The van der Waals surface area contributed by atoms with Crippen molar-refractivity contribution in [1.82, 2.24) is 19.7 Å². The van der Waals surface area contributed by atoms with Gasteiger partial charge in [-0.15, -0.1) is 0 Å². The van der Waals surface area contributed by atoms with Crippen molar-refractivity contribution in [2.45, 2.75) is 19.9 Å². The van der Waals surface area contributed by atoms with Crippen LogP contribution in [0.1, 0.15) is 19.0 Å². The molecule has 0 aliphatic carbocycles. The van der Waals surface area contributed by atoms with E-state index in [1.807, 2.05) is 0 Å². The van der Waals surface area contributed by atoms with E-state index < -0.39 is 0 Å². The third-order valence-corrected chi connectivity index (χ3v) is 4.24. The van der Waals surface area contributed by atoms with Gasteiger partial charge in [-0.1, -0.05) is 0 Å². The highest BCUT2D eigenvalue weighted by molar-refractivity contribution is 9.10. The maximum atomic E-state index is 5.10. The van der Waals surface area contributed by atoms with Gasteiger partial charge in [0.25, 0.3) is 0 Å². The van der Waals surface area contributed by atoms with Crippen LogP contribution in [0, 0.1) is 0 Å². The number of rotatable bonds is 10. The Morgan fingerprint density at radius 2 is 2.12 bits per heavy atom. The van der Waals surface area contributed by atoms with Crippen LogP contribution in [0.2, 0.25) is 0 Å². The number of nitrogens with zero attached hydrogens (tertiary/aromatic N) is 4. The molecule has 0 saturated heterocycles. The quantitative estimate of drug-likeness (QED) is 0.370. The van der Waals surface area contributed by atoms with Crippen molar-refractivity contribution < 1.29 is 4.74 Å². The molecule has 24 heavy (non-hydrogen) atoms. The molecule has 6 nitrogen and oxygen atoms in total. The topological polar surface area (TPSA) is 45.0 Å². The van der Waals surface area contributed by atoms with Gasteiger partial charge in [0.1, 0.15) is 0 Å². The van der Waals surface area contributed by atoms with Crippen LogP contribution < -0.4 is 5.32 Å². The zero-order valence-electron chi connectivity index (χ0n) is 15.7. The lowest BCUT2D eigenvalue weighted by Gasteiger charge is -2.22. The SMILES string of the molecule is CCNC(=NCCCN(C)CCOC)N(C)Cc1cc(Br)cn1C. The minimum absolute atomic E-state index is 0.775. The summed E-state index contributed by atoms with van der Waals surface area (Å²) >= 11 is 3.52. The fourth-order valence-electron chi connectivity index (χ4n) is 2.40. The Balaban J connectivity index is 2.50. The van der Waals surface area contributed by atoms with Crippen LogP contribution in [0.5, 0.6) is 0 Å². The van der Waals surface area contributed by atoms with E-state index in [1.165, 1.54) is 5.69 Å². The molecule has 1 heterocycles. The highest BCUT2D eigenvalue weighted by Gasteiger charge is 2.09. The predicted octanol–water partition coefficient (Wildman–Crippen LogP) is 2.15. The number of methoxy groups -OCH3 is 1. The minimum atomic E-state index is 0.775. The maximum absolute atomic E-state index is 5.10. The largest absolute Gasteiger partial charge is 0.383 e. The molecule has 0 fully saturated rings. The molecule has 1 aromatic rings. The second kappa shape index (κ2) is 11.5. The summed E-state index contributed by atoms with van der Waals surface area (Å²) in [5.41, 5.74) is 1.24. The number of hydrogen-bond donors (Lipinski definition) is 1. The van der Waals surface area contributed by atoms with E-state index in [0.29, 0.717) is 0 Å². The molecule has 0 unspecified atom stereocenters. The monoisotopic (exact) mass is 401 g/mol. The van der Waals surface area contributed by atoms with Crippen molar-refractivity contribution in [3.8, 4) is 0 Å². The Hall–Kier alpha value is -1.05. The normalized spacial score (nSPS) is 12.0. The van der Waals surface area contributed by atoms with Gasteiger partial charge in [0.15, 0.2) is 5.96 Å². The van der Waals surface area contributed by atoms with Crippen LogP contribution >= 0.6 is 15.9 Å². The number of aryl methyl sites for hydroxylation is 1.